The van der Waals surface area contributed by atoms with E-state index < -0.39 is 0 Å². The number of hydrogen-bond acceptors (Lipinski definition) is 6. The molecule has 2 aromatic rings. The summed E-state index contributed by atoms with van der Waals surface area (Å²) >= 11 is 0. The predicted octanol–water partition coefficient (Wildman–Crippen LogP) is 3.04. The summed E-state index contributed by atoms with van der Waals surface area (Å²) in [7, 11) is 0. The van der Waals surface area contributed by atoms with Gasteiger partial charge in [0, 0.05) is 17.5 Å². The van der Waals surface area contributed by atoms with Crippen molar-refractivity contribution in [2.45, 2.75) is 59.5 Å². The van der Waals surface area contributed by atoms with E-state index in [1.54, 1.807) is 0 Å². The van der Waals surface area contributed by atoms with Gasteiger partial charge in [0.15, 0.2) is 5.82 Å². The molecule has 0 aliphatic heterocycles. The van der Waals surface area contributed by atoms with Crippen molar-refractivity contribution in [2.75, 3.05) is 0 Å². The molecular weight excluding hydrogens is 256 g/mol. The minimum atomic E-state index is 0.183. The summed E-state index contributed by atoms with van der Waals surface area (Å²) in [4.78, 5) is 4.36. The molecule has 0 spiro atoms. The minimum absolute atomic E-state index is 0.183. The van der Waals surface area contributed by atoms with Crippen LogP contribution in [0.4, 0.5) is 0 Å². The molecule has 110 valence electrons. The topological polar surface area (TPSA) is 77.0 Å². The van der Waals surface area contributed by atoms with Gasteiger partial charge in [0.25, 0.3) is 0 Å². The van der Waals surface area contributed by atoms with Crippen LogP contribution in [0.1, 0.15) is 67.9 Å². The van der Waals surface area contributed by atoms with Gasteiger partial charge in [0.2, 0.25) is 5.89 Å². The molecule has 0 bridgehead atoms. The van der Waals surface area contributed by atoms with Gasteiger partial charge in [-0.1, -0.05) is 31.1 Å². The normalized spacial score (nSPS) is 13.1. The van der Waals surface area contributed by atoms with Crippen LogP contribution in [0.15, 0.2) is 9.05 Å². The van der Waals surface area contributed by atoms with E-state index >= 15 is 0 Å². The maximum Gasteiger partial charge on any atom is 0.229 e. The van der Waals surface area contributed by atoms with Gasteiger partial charge < -0.3 is 14.4 Å². The molecule has 0 aliphatic carbocycles. The van der Waals surface area contributed by atoms with Gasteiger partial charge in [-0.05, 0) is 20.3 Å². The Morgan fingerprint density at radius 1 is 1.15 bits per heavy atom. The molecule has 6 nitrogen and oxygen atoms in total. The summed E-state index contributed by atoms with van der Waals surface area (Å²) in [5.41, 5.74) is 2.05. The van der Waals surface area contributed by atoms with Crippen molar-refractivity contribution in [1.29, 1.82) is 0 Å². The number of aryl methyl sites for hydroxylation is 2. The first-order valence-electron chi connectivity index (χ1n) is 7.01. The first-order valence-corrected chi connectivity index (χ1v) is 7.01. The quantitative estimate of drug-likeness (QED) is 0.875. The molecule has 0 aromatic carbocycles. The fraction of sp³-hybridized carbons (Fsp3) is 0.643. The zero-order valence-electron chi connectivity index (χ0n) is 12.7. The van der Waals surface area contributed by atoms with Crippen LogP contribution < -0.4 is 5.32 Å². The Bertz CT molecular complexity index is 540. The van der Waals surface area contributed by atoms with E-state index in [1.165, 1.54) is 0 Å². The molecule has 2 rings (SSSR count). The van der Waals surface area contributed by atoms with Crippen molar-refractivity contribution in [1.82, 2.24) is 20.6 Å². The fourth-order valence-corrected chi connectivity index (χ4v) is 2.23. The third-order valence-corrected chi connectivity index (χ3v) is 3.33. The highest BCUT2D eigenvalue weighted by molar-refractivity contribution is 5.24. The Kier molecular flexibility index (Phi) is 4.54. The highest BCUT2D eigenvalue weighted by atomic mass is 16.5. The molecular formula is C14H22N4O2. The van der Waals surface area contributed by atoms with Crippen molar-refractivity contribution >= 4 is 0 Å². The fourth-order valence-electron chi connectivity index (χ4n) is 2.23. The number of nitrogens with one attached hydrogen (secondary N) is 1. The summed E-state index contributed by atoms with van der Waals surface area (Å²) in [6.45, 7) is 10.7. The zero-order chi connectivity index (χ0) is 14.7. The van der Waals surface area contributed by atoms with Crippen molar-refractivity contribution in [3.05, 3.63) is 28.7 Å². The standard InChI is InChI=1S/C14H22N4O2/c1-6-11(13-9(4)17-19-10(13)5)15-7-12-16-14(8(2)3)20-18-12/h8,11,15H,6-7H2,1-5H3. The van der Waals surface area contributed by atoms with Crippen LogP contribution in [-0.4, -0.2) is 15.3 Å². The molecule has 2 heterocycles. The van der Waals surface area contributed by atoms with Gasteiger partial charge in [-0.2, -0.15) is 4.98 Å². The van der Waals surface area contributed by atoms with Crippen LogP contribution in [0.5, 0.6) is 0 Å². The average Bonchev–Trinajstić information content (AvgIpc) is 3.00. The summed E-state index contributed by atoms with van der Waals surface area (Å²) in [5.74, 6) is 2.46. The number of nitrogens with zero attached hydrogens (tertiary/aromatic N) is 3. The van der Waals surface area contributed by atoms with Gasteiger partial charge in [0.1, 0.15) is 5.76 Å². The highest BCUT2D eigenvalue weighted by Gasteiger charge is 2.19. The van der Waals surface area contributed by atoms with E-state index in [2.05, 4.69) is 27.5 Å². The molecule has 0 saturated heterocycles. The second kappa shape index (κ2) is 6.17. The van der Waals surface area contributed by atoms with Crippen LogP contribution in [0.3, 0.4) is 0 Å². The van der Waals surface area contributed by atoms with Crippen molar-refractivity contribution in [3.63, 3.8) is 0 Å². The van der Waals surface area contributed by atoms with E-state index in [9.17, 15) is 0 Å². The largest absolute Gasteiger partial charge is 0.361 e. The predicted molar refractivity (Wildman–Crippen MR) is 74.2 cm³/mol. The molecule has 0 fully saturated rings. The molecule has 1 N–H and O–H groups in total. The maximum atomic E-state index is 5.23. The van der Waals surface area contributed by atoms with E-state index in [1.807, 2.05) is 27.7 Å². The van der Waals surface area contributed by atoms with Gasteiger partial charge in [-0.15, -0.1) is 0 Å². The first-order chi connectivity index (χ1) is 9.52. The molecule has 0 amide bonds. The van der Waals surface area contributed by atoms with E-state index in [0.717, 1.165) is 23.4 Å². The second-order valence-corrected chi connectivity index (χ2v) is 5.28. The molecule has 0 aliphatic rings. The zero-order valence-corrected chi connectivity index (χ0v) is 12.7. The summed E-state index contributed by atoms with van der Waals surface area (Å²) in [5, 5.41) is 11.4. The van der Waals surface area contributed by atoms with Crippen LogP contribution in [-0.2, 0) is 6.54 Å². The second-order valence-electron chi connectivity index (χ2n) is 5.28. The molecule has 0 saturated carbocycles. The van der Waals surface area contributed by atoms with E-state index in [4.69, 9.17) is 9.05 Å². The lowest BCUT2D eigenvalue weighted by Gasteiger charge is -2.15. The summed E-state index contributed by atoms with van der Waals surface area (Å²) in [6, 6.07) is 0.183. The van der Waals surface area contributed by atoms with E-state index in [0.29, 0.717) is 18.3 Å². The maximum absolute atomic E-state index is 5.23. The van der Waals surface area contributed by atoms with Gasteiger partial charge >= 0.3 is 0 Å². The van der Waals surface area contributed by atoms with Gasteiger partial charge in [-0.25, -0.2) is 0 Å². The molecule has 2 aromatic heterocycles. The number of rotatable bonds is 6. The third kappa shape index (κ3) is 3.07. The van der Waals surface area contributed by atoms with Crippen molar-refractivity contribution in [2.24, 2.45) is 0 Å². The molecule has 20 heavy (non-hydrogen) atoms. The number of hydrogen-bond donors (Lipinski definition) is 1. The lowest BCUT2D eigenvalue weighted by Crippen LogP contribution is -2.22. The smallest absolute Gasteiger partial charge is 0.229 e. The minimum Gasteiger partial charge on any atom is -0.361 e. The molecule has 6 heteroatoms. The molecule has 0 radical (unpaired) electrons. The summed E-state index contributed by atoms with van der Waals surface area (Å²) < 4.78 is 10.4. The SMILES string of the molecule is CCC(NCc1noc(C(C)C)n1)c1c(C)noc1C. The van der Waals surface area contributed by atoms with Gasteiger partial charge in [-0.3, -0.25) is 0 Å². The van der Waals surface area contributed by atoms with E-state index in [-0.39, 0.29) is 12.0 Å². The van der Waals surface area contributed by atoms with Crippen LogP contribution >= 0.6 is 0 Å². The van der Waals surface area contributed by atoms with Crippen LogP contribution in [0.2, 0.25) is 0 Å². The monoisotopic (exact) mass is 278 g/mol. The van der Waals surface area contributed by atoms with Crippen molar-refractivity contribution < 1.29 is 9.05 Å². The molecule has 1 atom stereocenters. The Balaban J connectivity index is 2.04. The Morgan fingerprint density at radius 3 is 2.40 bits per heavy atom. The number of aromatic nitrogens is 3. The Hall–Kier alpha value is -1.69. The lowest BCUT2D eigenvalue weighted by atomic mass is 10.0. The molecule has 1 unspecified atom stereocenters. The Labute approximate surface area is 118 Å². The van der Waals surface area contributed by atoms with Crippen molar-refractivity contribution in [3.8, 4) is 0 Å². The first kappa shape index (κ1) is 14.7. The van der Waals surface area contributed by atoms with Gasteiger partial charge in [0.05, 0.1) is 12.2 Å². The summed E-state index contributed by atoms with van der Waals surface area (Å²) in [6.07, 6.45) is 0.942. The highest BCUT2D eigenvalue weighted by Crippen LogP contribution is 2.24. The lowest BCUT2D eigenvalue weighted by molar-refractivity contribution is 0.357. The van der Waals surface area contributed by atoms with Crippen LogP contribution in [0.25, 0.3) is 0 Å². The average molecular weight is 278 g/mol. The third-order valence-electron chi connectivity index (χ3n) is 3.33. The van der Waals surface area contributed by atoms with Crippen LogP contribution in [0, 0.1) is 13.8 Å². The Morgan fingerprint density at radius 2 is 1.90 bits per heavy atom.